The summed E-state index contributed by atoms with van der Waals surface area (Å²) in [6.45, 7) is 0. The molecule has 2 rings (SSSR count). The molecule has 0 aromatic carbocycles. The zero-order valence-electron chi connectivity index (χ0n) is 9.21. The SMILES string of the molecule is CNC(=O)c1nc(-c2cccnc2)cnc1N. The van der Waals surface area contributed by atoms with E-state index in [0.29, 0.717) is 5.69 Å². The van der Waals surface area contributed by atoms with E-state index < -0.39 is 0 Å². The van der Waals surface area contributed by atoms with Crippen LogP contribution in [0, 0.1) is 0 Å². The third-order valence-electron chi connectivity index (χ3n) is 2.20. The summed E-state index contributed by atoms with van der Waals surface area (Å²) in [7, 11) is 1.51. The molecule has 0 spiro atoms. The summed E-state index contributed by atoms with van der Waals surface area (Å²) in [6, 6.07) is 3.62. The van der Waals surface area contributed by atoms with Crippen molar-refractivity contribution >= 4 is 11.7 Å². The summed E-state index contributed by atoms with van der Waals surface area (Å²) in [5.41, 5.74) is 7.06. The first-order valence-electron chi connectivity index (χ1n) is 4.97. The van der Waals surface area contributed by atoms with Gasteiger partial charge in [0.2, 0.25) is 0 Å². The molecular formula is C11H11N5O. The first-order valence-corrected chi connectivity index (χ1v) is 4.97. The molecule has 0 atom stereocenters. The van der Waals surface area contributed by atoms with Crippen LogP contribution >= 0.6 is 0 Å². The van der Waals surface area contributed by atoms with Crippen LogP contribution in [-0.4, -0.2) is 27.9 Å². The van der Waals surface area contributed by atoms with Crippen LogP contribution in [0.15, 0.2) is 30.7 Å². The summed E-state index contributed by atoms with van der Waals surface area (Å²) in [5.74, 6) is -0.252. The van der Waals surface area contributed by atoms with Gasteiger partial charge in [-0.2, -0.15) is 0 Å². The van der Waals surface area contributed by atoms with Gasteiger partial charge in [0.1, 0.15) is 0 Å². The number of nitrogens with two attached hydrogens (primary N) is 1. The maximum atomic E-state index is 11.5. The number of carbonyl (C=O) groups excluding carboxylic acids is 1. The Kier molecular flexibility index (Phi) is 2.95. The van der Waals surface area contributed by atoms with E-state index in [2.05, 4.69) is 20.3 Å². The number of aromatic nitrogens is 3. The molecule has 2 aromatic heterocycles. The molecule has 6 nitrogen and oxygen atoms in total. The fourth-order valence-electron chi connectivity index (χ4n) is 1.34. The van der Waals surface area contributed by atoms with Gasteiger partial charge in [0, 0.05) is 25.0 Å². The molecule has 0 aliphatic heterocycles. The van der Waals surface area contributed by atoms with Crippen molar-refractivity contribution in [1.82, 2.24) is 20.3 Å². The number of pyridine rings is 1. The van der Waals surface area contributed by atoms with E-state index in [-0.39, 0.29) is 17.4 Å². The molecule has 6 heteroatoms. The standard InChI is InChI=1S/C11H11N5O/c1-13-11(17)9-10(12)15-6-8(16-9)7-3-2-4-14-5-7/h2-6H,1H3,(H2,12,15)(H,13,17). The van der Waals surface area contributed by atoms with Gasteiger partial charge in [0.15, 0.2) is 11.5 Å². The van der Waals surface area contributed by atoms with Crippen molar-refractivity contribution in [1.29, 1.82) is 0 Å². The predicted octanol–water partition coefficient (Wildman–Crippen LogP) is 0.480. The molecule has 0 unspecified atom stereocenters. The van der Waals surface area contributed by atoms with Crippen LogP contribution in [0.4, 0.5) is 5.82 Å². The van der Waals surface area contributed by atoms with Gasteiger partial charge in [-0.3, -0.25) is 9.78 Å². The number of amides is 1. The molecule has 17 heavy (non-hydrogen) atoms. The lowest BCUT2D eigenvalue weighted by Gasteiger charge is -2.05. The molecule has 0 aliphatic rings. The van der Waals surface area contributed by atoms with Crippen molar-refractivity contribution in [3.63, 3.8) is 0 Å². The Hall–Kier alpha value is -2.50. The van der Waals surface area contributed by atoms with Crippen LogP contribution < -0.4 is 11.1 Å². The molecule has 0 aliphatic carbocycles. The first kappa shape index (κ1) is 11.0. The number of nitrogen functional groups attached to an aromatic ring is 1. The molecule has 0 radical (unpaired) electrons. The molecule has 3 N–H and O–H groups in total. The van der Waals surface area contributed by atoms with Gasteiger partial charge in [-0.15, -0.1) is 0 Å². The van der Waals surface area contributed by atoms with E-state index in [1.54, 1.807) is 18.5 Å². The summed E-state index contributed by atoms with van der Waals surface area (Å²) in [4.78, 5) is 23.6. The number of carbonyl (C=O) groups is 1. The maximum absolute atomic E-state index is 11.5. The normalized spacial score (nSPS) is 9.94. The fourth-order valence-corrected chi connectivity index (χ4v) is 1.34. The van der Waals surface area contributed by atoms with E-state index in [1.165, 1.54) is 13.2 Å². The Morgan fingerprint density at radius 2 is 2.24 bits per heavy atom. The molecule has 0 saturated carbocycles. The lowest BCUT2D eigenvalue weighted by Crippen LogP contribution is -2.21. The van der Waals surface area contributed by atoms with Gasteiger partial charge in [0.05, 0.1) is 11.9 Å². The van der Waals surface area contributed by atoms with Gasteiger partial charge < -0.3 is 11.1 Å². The maximum Gasteiger partial charge on any atom is 0.273 e. The van der Waals surface area contributed by atoms with E-state index in [4.69, 9.17) is 5.73 Å². The first-order chi connectivity index (χ1) is 8.22. The number of hydrogen-bond donors (Lipinski definition) is 2. The highest BCUT2D eigenvalue weighted by atomic mass is 16.1. The molecule has 0 fully saturated rings. The molecular weight excluding hydrogens is 218 g/mol. The van der Waals surface area contributed by atoms with Gasteiger partial charge in [-0.05, 0) is 12.1 Å². The van der Waals surface area contributed by atoms with Crippen LogP contribution in [-0.2, 0) is 0 Å². The third kappa shape index (κ3) is 2.20. The second kappa shape index (κ2) is 4.56. The monoisotopic (exact) mass is 229 g/mol. The molecule has 0 bridgehead atoms. The molecule has 2 heterocycles. The van der Waals surface area contributed by atoms with E-state index in [9.17, 15) is 4.79 Å². The topological polar surface area (TPSA) is 93.8 Å². The minimum Gasteiger partial charge on any atom is -0.382 e. The van der Waals surface area contributed by atoms with E-state index in [0.717, 1.165) is 5.56 Å². The van der Waals surface area contributed by atoms with Crippen molar-refractivity contribution < 1.29 is 4.79 Å². The minimum absolute atomic E-state index is 0.108. The van der Waals surface area contributed by atoms with Gasteiger partial charge in [0.25, 0.3) is 5.91 Å². The van der Waals surface area contributed by atoms with E-state index in [1.807, 2.05) is 6.07 Å². The van der Waals surface area contributed by atoms with Gasteiger partial charge in [-0.1, -0.05) is 0 Å². The zero-order valence-corrected chi connectivity index (χ0v) is 9.21. The lowest BCUT2D eigenvalue weighted by molar-refractivity contribution is 0.0959. The fraction of sp³-hybridized carbons (Fsp3) is 0.0909. The minimum atomic E-state index is -0.360. The van der Waals surface area contributed by atoms with Crippen LogP contribution in [0.3, 0.4) is 0 Å². The molecule has 86 valence electrons. The molecule has 1 amide bonds. The highest BCUT2D eigenvalue weighted by Gasteiger charge is 2.12. The Morgan fingerprint density at radius 1 is 1.41 bits per heavy atom. The van der Waals surface area contributed by atoms with Crippen molar-refractivity contribution in [3.05, 3.63) is 36.4 Å². The summed E-state index contributed by atoms with van der Waals surface area (Å²) in [6.07, 6.45) is 4.82. The molecule has 2 aromatic rings. The Bertz CT molecular complexity index is 541. The third-order valence-corrected chi connectivity index (χ3v) is 2.20. The average Bonchev–Trinajstić information content (AvgIpc) is 2.39. The number of anilines is 1. The van der Waals surface area contributed by atoms with Crippen molar-refractivity contribution in [2.75, 3.05) is 12.8 Å². The van der Waals surface area contributed by atoms with Crippen molar-refractivity contribution in [3.8, 4) is 11.3 Å². The number of rotatable bonds is 2. The summed E-state index contributed by atoms with van der Waals surface area (Å²) in [5, 5.41) is 2.46. The lowest BCUT2D eigenvalue weighted by atomic mass is 10.2. The second-order valence-electron chi connectivity index (χ2n) is 3.31. The van der Waals surface area contributed by atoms with Gasteiger partial charge >= 0.3 is 0 Å². The predicted molar refractivity (Wildman–Crippen MR) is 63.1 cm³/mol. The highest BCUT2D eigenvalue weighted by molar-refractivity contribution is 5.96. The average molecular weight is 229 g/mol. The second-order valence-corrected chi connectivity index (χ2v) is 3.31. The summed E-state index contributed by atoms with van der Waals surface area (Å²) >= 11 is 0. The van der Waals surface area contributed by atoms with Crippen molar-refractivity contribution in [2.45, 2.75) is 0 Å². The van der Waals surface area contributed by atoms with Crippen molar-refractivity contribution in [2.24, 2.45) is 0 Å². The smallest absolute Gasteiger partial charge is 0.273 e. The number of nitrogens with zero attached hydrogens (tertiary/aromatic N) is 3. The number of hydrogen-bond acceptors (Lipinski definition) is 5. The zero-order chi connectivity index (χ0) is 12.3. The van der Waals surface area contributed by atoms with Crippen LogP contribution in [0.5, 0.6) is 0 Å². The van der Waals surface area contributed by atoms with Gasteiger partial charge in [-0.25, -0.2) is 9.97 Å². The largest absolute Gasteiger partial charge is 0.382 e. The Morgan fingerprint density at radius 3 is 2.88 bits per heavy atom. The quantitative estimate of drug-likeness (QED) is 0.781. The highest BCUT2D eigenvalue weighted by Crippen LogP contribution is 2.16. The molecule has 0 saturated heterocycles. The Balaban J connectivity index is 2.48. The summed E-state index contributed by atoms with van der Waals surface area (Å²) < 4.78 is 0. The number of nitrogens with one attached hydrogen (secondary N) is 1. The van der Waals surface area contributed by atoms with E-state index >= 15 is 0 Å². The van der Waals surface area contributed by atoms with Crippen LogP contribution in [0.25, 0.3) is 11.3 Å². The van der Waals surface area contributed by atoms with Crippen LogP contribution in [0.2, 0.25) is 0 Å². The van der Waals surface area contributed by atoms with Crippen LogP contribution in [0.1, 0.15) is 10.5 Å². The Labute approximate surface area is 97.9 Å².